The van der Waals surface area contributed by atoms with Gasteiger partial charge in [-0.2, -0.15) is 0 Å². The lowest BCUT2D eigenvalue weighted by molar-refractivity contribution is -0.141. The summed E-state index contributed by atoms with van der Waals surface area (Å²) >= 11 is 0. The molecule has 0 N–H and O–H groups in total. The molecule has 2 fully saturated rings. The van der Waals surface area contributed by atoms with E-state index >= 15 is 0 Å². The quantitative estimate of drug-likeness (QED) is 0.847. The molecule has 2 heterocycles. The van der Waals surface area contributed by atoms with Gasteiger partial charge in [-0.25, -0.2) is 0 Å². The first kappa shape index (κ1) is 18.0. The Morgan fingerprint density at radius 2 is 1.48 bits per heavy atom. The van der Waals surface area contributed by atoms with Crippen molar-refractivity contribution in [2.45, 2.75) is 46.0 Å². The third-order valence-electron chi connectivity index (χ3n) is 5.77. The van der Waals surface area contributed by atoms with Crippen molar-refractivity contribution < 1.29 is 9.59 Å². The van der Waals surface area contributed by atoms with E-state index in [2.05, 4.69) is 18.7 Å². The lowest BCUT2D eigenvalue weighted by atomic mass is 9.92. The van der Waals surface area contributed by atoms with E-state index in [0.29, 0.717) is 25.4 Å². The zero-order valence-corrected chi connectivity index (χ0v) is 15.5. The molecule has 4 nitrogen and oxygen atoms in total. The second kappa shape index (κ2) is 8.03. The number of benzene rings is 1. The summed E-state index contributed by atoms with van der Waals surface area (Å²) in [6.45, 7) is 7.56. The number of hydrogen-bond donors (Lipinski definition) is 0. The molecule has 25 heavy (non-hydrogen) atoms. The van der Waals surface area contributed by atoms with Gasteiger partial charge in [0, 0.05) is 32.1 Å². The lowest BCUT2D eigenvalue weighted by Gasteiger charge is -2.36. The fourth-order valence-electron chi connectivity index (χ4n) is 3.86. The SMILES string of the molecule is Cc1ccc(CC(=O)N2CCC(C(=O)N3CCC(C)CC3)CC2)cc1. The molecule has 2 aliphatic heterocycles. The topological polar surface area (TPSA) is 40.6 Å². The molecular weight excluding hydrogens is 312 g/mol. The number of carbonyl (C=O) groups is 2. The Hall–Kier alpha value is -1.84. The summed E-state index contributed by atoms with van der Waals surface area (Å²) in [4.78, 5) is 29.2. The van der Waals surface area contributed by atoms with Gasteiger partial charge in [-0.1, -0.05) is 36.8 Å². The number of rotatable bonds is 3. The number of nitrogens with zero attached hydrogens (tertiary/aromatic N) is 2. The Balaban J connectivity index is 1.47. The maximum Gasteiger partial charge on any atom is 0.226 e. The lowest BCUT2D eigenvalue weighted by Crippen LogP contribution is -2.46. The van der Waals surface area contributed by atoms with Gasteiger partial charge in [-0.15, -0.1) is 0 Å². The van der Waals surface area contributed by atoms with Crippen molar-refractivity contribution in [1.82, 2.24) is 9.80 Å². The summed E-state index contributed by atoms with van der Waals surface area (Å²) in [5.74, 6) is 1.35. The fourth-order valence-corrected chi connectivity index (χ4v) is 3.86. The standard InChI is InChI=1S/C21H30N2O2/c1-16-3-5-18(6-4-16)15-20(24)22-13-9-19(10-14-22)21(25)23-11-7-17(2)8-12-23/h3-6,17,19H,7-15H2,1-2H3. The number of likely N-dealkylation sites (tertiary alicyclic amines) is 2. The van der Waals surface area contributed by atoms with Crippen LogP contribution in [0.15, 0.2) is 24.3 Å². The highest BCUT2D eigenvalue weighted by Gasteiger charge is 2.31. The molecule has 4 heteroatoms. The minimum Gasteiger partial charge on any atom is -0.342 e. The molecule has 2 saturated heterocycles. The molecule has 0 aliphatic carbocycles. The summed E-state index contributed by atoms with van der Waals surface area (Å²) in [6, 6.07) is 8.15. The molecule has 0 spiro atoms. The van der Waals surface area contributed by atoms with E-state index in [1.807, 2.05) is 29.2 Å². The van der Waals surface area contributed by atoms with Gasteiger partial charge in [0.1, 0.15) is 0 Å². The number of amides is 2. The van der Waals surface area contributed by atoms with E-state index in [0.717, 1.165) is 50.3 Å². The molecule has 3 rings (SSSR count). The number of aryl methyl sites for hydroxylation is 1. The highest BCUT2D eigenvalue weighted by Crippen LogP contribution is 2.24. The molecular formula is C21H30N2O2. The highest BCUT2D eigenvalue weighted by atomic mass is 16.2. The van der Waals surface area contributed by atoms with Crippen LogP contribution in [0.2, 0.25) is 0 Å². The van der Waals surface area contributed by atoms with Crippen LogP contribution in [0.3, 0.4) is 0 Å². The van der Waals surface area contributed by atoms with Gasteiger partial charge in [0.2, 0.25) is 11.8 Å². The largest absolute Gasteiger partial charge is 0.342 e. The summed E-state index contributed by atoms with van der Waals surface area (Å²) < 4.78 is 0. The first-order chi connectivity index (χ1) is 12.0. The number of piperidine rings is 2. The maximum absolute atomic E-state index is 12.7. The van der Waals surface area contributed by atoms with E-state index in [1.54, 1.807) is 0 Å². The minimum absolute atomic E-state index is 0.108. The Morgan fingerprint density at radius 1 is 0.920 bits per heavy atom. The number of carbonyl (C=O) groups excluding carboxylic acids is 2. The fraction of sp³-hybridized carbons (Fsp3) is 0.619. The zero-order valence-electron chi connectivity index (χ0n) is 15.5. The predicted molar refractivity (Wildman–Crippen MR) is 99.2 cm³/mol. The second-order valence-electron chi connectivity index (χ2n) is 7.83. The van der Waals surface area contributed by atoms with E-state index in [-0.39, 0.29) is 11.8 Å². The van der Waals surface area contributed by atoms with Gasteiger partial charge in [0.25, 0.3) is 0 Å². The van der Waals surface area contributed by atoms with Crippen LogP contribution < -0.4 is 0 Å². The van der Waals surface area contributed by atoms with Gasteiger partial charge in [-0.05, 0) is 44.1 Å². The van der Waals surface area contributed by atoms with Gasteiger partial charge in [0.15, 0.2) is 0 Å². The molecule has 0 atom stereocenters. The first-order valence-electron chi connectivity index (χ1n) is 9.65. The Kier molecular flexibility index (Phi) is 5.77. The normalized spacial score (nSPS) is 19.9. The molecule has 2 amide bonds. The summed E-state index contributed by atoms with van der Waals surface area (Å²) in [5, 5.41) is 0. The average molecular weight is 342 g/mol. The van der Waals surface area contributed by atoms with Crippen LogP contribution in [-0.4, -0.2) is 47.8 Å². The molecule has 1 aromatic carbocycles. The van der Waals surface area contributed by atoms with Crippen molar-refractivity contribution >= 4 is 11.8 Å². The molecule has 136 valence electrons. The van der Waals surface area contributed by atoms with Crippen molar-refractivity contribution in [1.29, 1.82) is 0 Å². The second-order valence-corrected chi connectivity index (χ2v) is 7.83. The maximum atomic E-state index is 12.7. The van der Waals surface area contributed by atoms with Gasteiger partial charge < -0.3 is 9.80 Å². The predicted octanol–water partition coefficient (Wildman–Crippen LogP) is 3.03. The number of hydrogen-bond acceptors (Lipinski definition) is 2. The Morgan fingerprint density at radius 3 is 2.08 bits per heavy atom. The average Bonchev–Trinajstić information content (AvgIpc) is 2.64. The van der Waals surface area contributed by atoms with Crippen LogP contribution in [0.1, 0.15) is 43.7 Å². The highest BCUT2D eigenvalue weighted by molar-refractivity contribution is 5.81. The van der Waals surface area contributed by atoms with Crippen molar-refractivity contribution in [3.8, 4) is 0 Å². The van der Waals surface area contributed by atoms with E-state index < -0.39 is 0 Å². The summed E-state index contributed by atoms with van der Waals surface area (Å²) in [6.07, 6.45) is 4.33. The molecule has 2 aliphatic rings. The van der Waals surface area contributed by atoms with Crippen LogP contribution in [0.25, 0.3) is 0 Å². The summed E-state index contributed by atoms with van der Waals surface area (Å²) in [7, 11) is 0. The molecule has 0 unspecified atom stereocenters. The molecule has 0 saturated carbocycles. The van der Waals surface area contributed by atoms with Crippen LogP contribution >= 0.6 is 0 Å². The summed E-state index contributed by atoms with van der Waals surface area (Å²) in [5.41, 5.74) is 2.28. The Bertz CT molecular complexity index is 595. The van der Waals surface area contributed by atoms with Gasteiger partial charge >= 0.3 is 0 Å². The zero-order chi connectivity index (χ0) is 17.8. The molecule has 0 bridgehead atoms. The third kappa shape index (κ3) is 4.62. The Labute approximate surface area is 151 Å². The van der Waals surface area contributed by atoms with E-state index in [4.69, 9.17) is 0 Å². The van der Waals surface area contributed by atoms with E-state index in [9.17, 15) is 9.59 Å². The molecule has 1 aromatic rings. The van der Waals surface area contributed by atoms with Crippen LogP contribution in [-0.2, 0) is 16.0 Å². The monoisotopic (exact) mass is 342 g/mol. The van der Waals surface area contributed by atoms with Crippen LogP contribution in [0, 0.1) is 18.8 Å². The van der Waals surface area contributed by atoms with E-state index in [1.165, 1.54) is 5.56 Å². The van der Waals surface area contributed by atoms with Crippen LogP contribution in [0.5, 0.6) is 0 Å². The van der Waals surface area contributed by atoms with Crippen LogP contribution in [0.4, 0.5) is 0 Å². The van der Waals surface area contributed by atoms with Crippen molar-refractivity contribution in [3.05, 3.63) is 35.4 Å². The third-order valence-corrected chi connectivity index (χ3v) is 5.77. The van der Waals surface area contributed by atoms with Crippen molar-refractivity contribution in [2.24, 2.45) is 11.8 Å². The smallest absolute Gasteiger partial charge is 0.226 e. The van der Waals surface area contributed by atoms with Crippen molar-refractivity contribution in [2.75, 3.05) is 26.2 Å². The first-order valence-corrected chi connectivity index (χ1v) is 9.65. The van der Waals surface area contributed by atoms with Gasteiger partial charge in [0.05, 0.1) is 6.42 Å². The minimum atomic E-state index is 0.108. The molecule has 0 radical (unpaired) electrons. The molecule has 0 aromatic heterocycles. The van der Waals surface area contributed by atoms with Crippen molar-refractivity contribution in [3.63, 3.8) is 0 Å². The van der Waals surface area contributed by atoms with Gasteiger partial charge in [-0.3, -0.25) is 9.59 Å².